The Morgan fingerprint density at radius 1 is 1.08 bits per heavy atom. The van der Waals surface area contributed by atoms with Crippen molar-refractivity contribution >= 4 is 11.8 Å². The second-order valence-electron chi connectivity index (χ2n) is 7.31. The van der Waals surface area contributed by atoms with Crippen molar-refractivity contribution in [2.24, 2.45) is 5.92 Å². The van der Waals surface area contributed by atoms with Gasteiger partial charge in [0.25, 0.3) is 0 Å². The van der Waals surface area contributed by atoms with Crippen LogP contribution in [0.3, 0.4) is 0 Å². The van der Waals surface area contributed by atoms with Crippen molar-refractivity contribution in [1.29, 1.82) is 0 Å². The smallest absolute Gasteiger partial charge is 0.248 e. The molecule has 0 unspecified atom stereocenters. The Morgan fingerprint density at radius 2 is 1.69 bits per heavy atom. The fourth-order valence-electron chi connectivity index (χ4n) is 3.98. The first-order valence-corrected chi connectivity index (χ1v) is 9.37. The van der Waals surface area contributed by atoms with Crippen molar-refractivity contribution in [2.75, 3.05) is 39.9 Å². The first-order valence-electron chi connectivity index (χ1n) is 9.37. The predicted octanol–water partition coefficient (Wildman–Crippen LogP) is 1.38. The number of nitrogens with zero attached hydrogens (tertiary/aromatic N) is 2. The Morgan fingerprint density at radius 3 is 2.27 bits per heavy atom. The Bertz CT molecular complexity index is 618. The van der Waals surface area contributed by atoms with Gasteiger partial charge in [-0.25, -0.2) is 0 Å². The third kappa shape index (κ3) is 4.07. The molecule has 142 valence electrons. The molecule has 2 aliphatic heterocycles. The molecule has 6 heteroatoms. The number of hydrogen-bond donors (Lipinski definition) is 1. The van der Waals surface area contributed by atoms with E-state index in [2.05, 4.69) is 0 Å². The zero-order valence-electron chi connectivity index (χ0n) is 15.4. The van der Waals surface area contributed by atoms with Crippen LogP contribution in [0.2, 0.25) is 0 Å². The molecule has 3 rings (SSSR count). The fraction of sp³-hybridized carbons (Fsp3) is 0.600. The van der Waals surface area contributed by atoms with E-state index in [-0.39, 0.29) is 24.3 Å². The minimum atomic E-state index is -0.839. The molecular weight excluding hydrogens is 332 g/mol. The van der Waals surface area contributed by atoms with E-state index in [1.165, 1.54) is 7.11 Å². The lowest BCUT2D eigenvalue weighted by atomic mass is 9.84. The molecule has 1 aromatic rings. The predicted molar refractivity (Wildman–Crippen MR) is 97.3 cm³/mol. The number of amides is 2. The summed E-state index contributed by atoms with van der Waals surface area (Å²) >= 11 is 0. The molecule has 0 radical (unpaired) electrons. The van der Waals surface area contributed by atoms with Crippen LogP contribution in [0, 0.1) is 5.92 Å². The summed E-state index contributed by atoms with van der Waals surface area (Å²) in [6.07, 6.45) is 2.53. The monoisotopic (exact) mass is 360 g/mol. The third-order valence-electron chi connectivity index (χ3n) is 5.68. The number of piperidine rings is 2. The molecule has 0 bridgehead atoms. The molecule has 1 aromatic carbocycles. The van der Waals surface area contributed by atoms with Gasteiger partial charge in [0.1, 0.15) is 6.61 Å². The summed E-state index contributed by atoms with van der Waals surface area (Å²) in [4.78, 5) is 28.3. The van der Waals surface area contributed by atoms with Crippen LogP contribution in [0.25, 0.3) is 0 Å². The lowest BCUT2D eigenvalue weighted by molar-refractivity contribution is -0.145. The summed E-state index contributed by atoms with van der Waals surface area (Å²) in [5.74, 6) is 0.132. The number of aliphatic hydroxyl groups is 1. The highest BCUT2D eigenvalue weighted by atomic mass is 16.5. The van der Waals surface area contributed by atoms with Crippen molar-refractivity contribution in [3.05, 3.63) is 35.9 Å². The molecule has 2 fully saturated rings. The van der Waals surface area contributed by atoms with Gasteiger partial charge in [-0.05, 0) is 31.2 Å². The molecule has 0 aliphatic carbocycles. The SMILES string of the molecule is COCC(=O)N1CCC(C(=O)N2CCC(O)(c3ccccc3)CC2)CC1. The first kappa shape index (κ1) is 18.9. The number of likely N-dealkylation sites (tertiary alicyclic amines) is 2. The molecule has 0 spiro atoms. The van der Waals surface area contributed by atoms with Gasteiger partial charge in [-0.2, -0.15) is 0 Å². The zero-order valence-corrected chi connectivity index (χ0v) is 15.4. The van der Waals surface area contributed by atoms with Gasteiger partial charge in [0.05, 0.1) is 5.60 Å². The molecular formula is C20H28N2O4. The average Bonchev–Trinajstić information content (AvgIpc) is 2.69. The second-order valence-corrected chi connectivity index (χ2v) is 7.31. The standard InChI is InChI=1S/C20H28N2O4/c1-26-15-18(23)21-11-7-16(8-12-21)19(24)22-13-9-20(25,10-14-22)17-5-3-2-4-6-17/h2-6,16,25H,7-15H2,1H3. The maximum Gasteiger partial charge on any atom is 0.248 e. The van der Waals surface area contributed by atoms with Crippen LogP contribution < -0.4 is 0 Å². The summed E-state index contributed by atoms with van der Waals surface area (Å²) in [5, 5.41) is 10.9. The molecule has 1 N–H and O–H groups in total. The number of ether oxygens (including phenoxy) is 1. The van der Waals surface area contributed by atoms with Gasteiger partial charge in [0.15, 0.2) is 0 Å². The van der Waals surface area contributed by atoms with Crippen molar-refractivity contribution in [2.45, 2.75) is 31.3 Å². The van der Waals surface area contributed by atoms with E-state index in [9.17, 15) is 14.7 Å². The van der Waals surface area contributed by atoms with Gasteiger partial charge in [0.2, 0.25) is 11.8 Å². The van der Waals surface area contributed by atoms with E-state index in [0.29, 0.717) is 51.9 Å². The minimum absolute atomic E-state index is 0.00991. The van der Waals surface area contributed by atoms with E-state index in [1.807, 2.05) is 35.2 Å². The highest BCUT2D eigenvalue weighted by Crippen LogP contribution is 2.33. The zero-order chi connectivity index (χ0) is 18.6. The second kappa shape index (κ2) is 8.18. The highest BCUT2D eigenvalue weighted by molar-refractivity contribution is 5.80. The van der Waals surface area contributed by atoms with Gasteiger partial charge < -0.3 is 19.6 Å². The molecule has 2 saturated heterocycles. The van der Waals surface area contributed by atoms with Gasteiger partial charge in [-0.3, -0.25) is 9.59 Å². The molecule has 26 heavy (non-hydrogen) atoms. The Labute approximate surface area is 154 Å². The van der Waals surface area contributed by atoms with Crippen LogP contribution in [-0.2, 0) is 19.9 Å². The van der Waals surface area contributed by atoms with Gasteiger partial charge in [-0.1, -0.05) is 30.3 Å². The summed E-state index contributed by atoms with van der Waals surface area (Å²) in [6.45, 7) is 2.48. The van der Waals surface area contributed by atoms with E-state index >= 15 is 0 Å². The lowest BCUT2D eigenvalue weighted by Crippen LogP contribution is -2.49. The van der Waals surface area contributed by atoms with Crippen LogP contribution in [0.5, 0.6) is 0 Å². The van der Waals surface area contributed by atoms with Crippen LogP contribution in [0.15, 0.2) is 30.3 Å². The summed E-state index contributed by atoms with van der Waals surface area (Å²) in [7, 11) is 1.52. The van der Waals surface area contributed by atoms with Crippen LogP contribution in [0.4, 0.5) is 0 Å². The molecule has 0 atom stereocenters. The normalized spacial score (nSPS) is 20.8. The number of methoxy groups -OCH3 is 1. The minimum Gasteiger partial charge on any atom is -0.385 e. The molecule has 6 nitrogen and oxygen atoms in total. The Balaban J connectivity index is 1.51. The Kier molecular flexibility index (Phi) is 5.94. The highest BCUT2D eigenvalue weighted by Gasteiger charge is 2.37. The Hall–Kier alpha value is -1.92. The first-order chi connectivity index (χ1) is 12.5. The topological polar surface area (TPSA) is 70.1 Å². The van der Waals surface area contributed by atoms with Crippen LogP contribution >= 0.6 is 0 Å². The summed E-state index contributed by atoms with van der Waals surface area (Å²) < 4.78 is 4.89. The number of carbonyl (C=O) groups excluding carboxylic acids is 2. The van der Waals surface area contributed by atoms with Crippen molar-refractivity contribution in [3.63, 3.8) is 0 Å². The van der Waals surface area contributed by atoms with Crippen molar-refractivity contribution < 1.29 is 19.4 Å². The average molecular weight is 360 g/mol. The third-order valence-corrected chi connectivity index (χ3v) is 5.68. The lowest BCUT2D eigenvalue weighted by Gasteiger charge is -2.41. The number of benzene rings is 1. The number of rotatable bonds is 4. The van der Waals surface area contributed by atoms with E-state index in [0.717, 1.165) is 5.56 Å². The summed E-state index contributed by atoms with van der Waals surface area (Å²) in [6, 6.07) is 9.71. The van der Waals surface area contributed by atoms with Crippen LogP contribution in [0.1, 0.15) is 31.2 Å². The number of carbonyl (C=O) groups is 2. The van der Waals surface area contributed by atoms with Crippen molar-refractivity contribution in [1.82, 2.24) is 9.80 Å². The van der Waals surface area contributed by atoms with Gasteiger partial charge >= 0.3 is 0 Å². The van der Waals surface area contributed by atoms with E-state index < -0.39 is 5.60 Å². The van der Waals surface area contributed by atoms with Gasteiger partial charge in [0, 0.05) is 39.2 Å². The van der Waals surface area contributed by atoms with Crippen LogP contribution in [-0.4, -0.2) is 66.6 Å². The molecule has 2 heterocycles. The maximum absolute atomic E-state index is 12.8. The maximum atomic E-state index is 12.8. The molecule has 0 aromatic heterocycles. The number of hydrogen-bond acceptors (Lipinski definition) is 4. The fourth-order valence-corrected chi connectivity index (χ4v) is 3.98. The molecule has 2 amide bonds. The van der Waals surface area contributed by atoms with E-state index in [1.54, 1.807) is 4.90 Å². The molecule has 2 aliphatic rings. The molecule has 0 saturated carbocycles. The van der Waals surface area contributed by atoms with Gasteiger partial charge in [-0.15, -0.1) is 0 Å². The van der Waals surface area contributed by atoms with Crippen molar-refractivity contribution in [3.8, 4) is 0 Å². The summed E-state index contributed by atoms with van der Waals surface area (Å²) in [5.41, 5.74) is 0.0885. The largest absolute Gasteiger partial charge is 0.385 e. The van der Waals surface area contributed by atoms with E-state index in [4.69, 9.17) is 4.74 Å². The quantitative estimate of drug-likeness (QED) is 0.881.